The highest BCUT2D eigenvalue weighted by Gasteiger charge is 2.24. The van der Waals surface area contributed by atoms with Crippen molar-refractivity contribution >= 4 is 5.91 Å². The number of hydrogen-bond donors (Lipinski definition) is 1. The zero-order valence-corrected chi connectivity index (χ0v) is 14.8. The van der Waals surface area contributed by atoms with Gasteiger partial charge in [-0.15, -0.1) is 0 Å². The van der Waals surface area contributed by atoms with Crippen molar-refractivity contribution in [2.24, 2.45) is 5.92 Å². The summed E-state index contributed by atoms with van der Waals surface area (Å²) in [5.74, 6) is 0.853. The molecule has 1 N–H and O–H groups in total. The Morgan fingerprint density at radius 1 is 1.28 bits per heavy atom. The van der Waals surface area contributed by atoms with Crippen LogP contribution in [0, 0.1) is 5.92 Å². The number of hydrogen-bond acceptors (Lipinski definition) is 4. The molecule has 1 aromatic heterocycles. The molecule has 1 amide bonds. The largest absolute Gasteiger partial charge is 0.354 e. The third-order valence-electron chi connectivity index (χ3n) is 4.97. The van der Waals surface area contributed by atoms with E-state index >= 15 is 0 Å². The van der Waals surface area contributed by atoms with E-state index in [0.717, 1.165) is 19.0 Å². The van der Waals surface area contributed by atoms with Crippen LogP contribution in [0.4, 0.5) is 0 Å². The Bertz CT molecular complexity index is 635. The predicted octanol–water partition coefficient (Wildman–Crippen LogP) is 2.26. The molecule has 0 bridgehead atoms. The summed E-state index contributed by atoms with van der Waals surface area (Å²) >= 11 is 0. The van der Waals surface area contributed by atoms with Gasteiger partial charge in [-0.2, -0.15) is 5.10 Å². The fourth-order valence-electron chi connectivity index (χ4n) is 3.34. The maximum Gasteiger partial charge on any atom is 0.221 e. The van der Waals surface area contributed by atoms with Gasteiger partial charge in [0, 0.05) is 13.0 Å². The van der Waals surface area contributed by atoms with Gasteiger partial charge in [0.05, 0.1) is 12.6 Å². The van der Waals surface area contributed by atoms with Crippen molar-refractivity contribution in [3.8, 4) is 0 Å². The number of aryl methyl sites for hydroxylation is 1. The Balaban J connectivity index is 1.56. The summed E-state index contributed by atoms with van der Waals surface area (Å²) in [7, 11) is 0. The van der Waals surface area contributed by atoms with E-state index in [1.807, 2.05) is 6.07 Å². The lowest BCUT2D eigenvalue weighted by molar-refractivity contribution is -0.121. The van der Waals surface area contributed by atoms with Crippen molar-refractivity contribution in [1.82, 2.24) is 25.0 Å². The standard InChI is InChI=1S/C19H27N5O/c1-16-7-10-23(11-8-16)18(17-5-3-2-4-6-17)13-21-19(25)9-12-24-15-20-14-22-24/h2-6,14-16,18H,7-13H2,1H3,(H,21,25)/t18-/m1/s1. The van der Waals surface area contributed by atoms with Gasteiger partial charge in [-0.3, -0.25) is 14.4 Å². The van der Waals surface area contributed by atoms with Gasteiger partial charge >= 0.3 is 0 Å². The number of aromatic nitrogens is 3. The molecule has 1 aromatic carbocycles. The Labute approximate surface area is 149 Å². The first-order valence-electron chi connectivity index (χ1n) is 9.10. The molecule has 134 valence electrons. The number of amides is 1. The average molecular weight is 341 g/mol. The van der Waals surface area contributed by atoms with Crippen LogP contribution in [-0.2, 0) is 11.3 Å². The van der Waals surface area contributed by atoms with E-state index in [1.54, 1.807) is 11.0 Å². The molecule has 0 spiro atoms. The topological polar surface area (TPSA) is 63.1 Å². The number of carbonyl (C=O) groups is 1. The number of carbonyl (C=O) groups excluding carboxylic acids is 1. The first kappa shape index (κ1) is 17.6. The molecule has 6 nitrogen and oxygen atoms in total. The quantitative estimate of drug-likeness (QED) is 0.839. The number of nitrogens with zero attached hydrogens (tertiary/aromatic N) is 4. The summed E-state index contributed by atoms with van der Waals surface area (Å²) in [6.45, 7) is 5.71. The number of rotatable bonds is 7. The van der Waals surface area contributed by atoms with Crippen molar-refractivity contribution in [3.05, 3.63) is 48.5 Å². The molecule has 1 fully saturated rings. The van der Waals surface area contributed by atoms with Gasteiger partial charge in [-0.1, -0.05) is 37.3 Å². The Hall–Kier alpha value is -2.21. The number of nitrogens with one attached hydrogen (secondary N) is 1. The van der Waals surface area contributed by atoms with Crippen molar-refractivity contribution in [1.29, 1.82) is 0 Å². The molecular formula is C19H27N5O. The third-order valence-corrected chi connectivity index (χ3v) is 4.97. The van der Waals surface area contributed by atoms with E-state index in [9.17, 15) is 4.79 Å². The normalized spacial score (nSPS) is 17.3. The molecule has 25 heavy (non-hydrogen) atoms. The minimum atomic E-state index is 0.0572. The number of benzene rings is 1. The third kappa shape index (κ3) is 5.13. The monoisotopic (exact) mass is 341 g/mol. The van der Waals surface area contributed by atoms with E-state index in [0.29, 0.717) is 19.5 Å². The molecule has 1 saturated heterocycles. The zero-order chi connectivity index (χ0) is 17.5. The number of piperidine rings is 1. The molecular weight excluding hydrogens is 314 g/mol. The predicted molar refractivity (Wildman–Crippen MR) is 96.8 cm³/mol. The smallest absolute Gasteiger partial charge is 0.221 e. The summed E-state index contributed by atoms with van der Waals surface area (Å²) in [5, 5.41) is 7.14. The van der Waals surface area contributed by atoms with Crippen LogP contribution in [0.5, 0.6) is 0 Å². The molecule has 0 aliphatic carbocycles. The Morgan fingerprint density at radius 3 is 2.72 bits per heavy atom. The molecule has 0 unspecified atom stereocenters. The van der Waals surface area contributed by atoms with Gasteiger partial charge in [0.1, 0.15) is 12.7 Å². The number of likely N-dealkylation sites (tertiary alicyclic amines) is 1. The van der Waals surface area contributed by atoms with Crippen LogP contribution < -0.4 is 5.32 Å². The van der Waals surface area contributed by atoms with Crippen molar-refractivity contribution < 1.29 is 4.79 Å². The van der Waals surface area contributed by atoms with Crippen LogP contribution in [0.25, 0.3) is 0 Å². The maximum absolute atomic E-state index is 12.2. The van der Waals surface area contributed by atoms with E-state index in [-0.39, 0.29) is 11.9 Å². The summed E-state index contributed by atoms with van der Waals surface area (Å²) in [6.07, 6.45) is 5.99. The van der Waals surface area contributed by atoms with E-state index in [2.05, 4.69) is 51.5 Å². The fraction of sp³-hybridized carbons (Fsp3) is 0.526. The van der Waals surface area contributed by atoms with Crippen LogP contribution in [0.2, 0.25) is 0 Å². The average Bonchev–Trinajstić information content (AvgIpc) is 3.16. The lowest BCUT2D eigenvalue weighted by Gasteiger charge is -2.37. The highest BCUT2D eigenvalue weighted by molar-refractivity contribution is 5.75. The second-order valence-corrected chi connectivity index (χ2v) is 6.86. The minimum absolute atomic E-state index is 0.0572. The van der Waals surface area contributed by atoms with Crippen LogP contribution >= 0.6 is 0 Å². The molecule has 2 aromatic rings. The highest BCUT2D eigenvalue weighted by Crippen LogP contribution is 2.26. The molecule has 0 radical (unpaired) electrons. The fourth-order valence-corrected chi connectivity index (χ4v) is 3.34. The Morgan fingerprint density at radius 2 is 2.04 bits per heavy atom. The second-order valence-electron chi connectivity index (χ2n) is 6.86. The van der Waals surface area contributed by atoms with Crippen LogP contribution in [-0.4, -0.2) is 45.2 Å². The van der Waals surface area contributed by atoms with E-state index in [1.165, 1.54) is 24.7 Å². The van der Waals surface area contributed by atoms with Crippen molar-refractivity contribution in [2.45, 2.75) is 38.8 Å². The van der Waals surface area contributed by atoms with Crippen molar-refractivity contribution in [2.75, 3.05) is 19.6 Å². The SMILES string of the molecule is CC1CCN([C@H](CNC(=O)CCn2cncn2)c2ccccc2)CC1. The summed E-state index contributed by atoms with van der Waals surface area (Å²) in [4.78, 5) is 18.6. The van der Waals surface area contributed by atoms with Gasteiger partial charge in [0.25, 0.3) is 0 Å². The minimum Gasteiger partial charge on any atom is -0.354 e. The summed E-state index contributed by atoms with van der Waals surface area (Å²) in [6, 6.07) is 10.7. The van der Waals surface area contributed by atoms with Crippen LogP contribution in [0.3, 0.4) is 0 Å². The summed E-state index contributed by atoms with van der Waals surface area (Å²) in [5.41, 5.74) is 1.27. The van der Waals surface area contributed by atoms with Crippen LogP contribution in [0.15, 0.2) is 43.0 Å². The van der Waals surface area contributed by atoms with E-state index in [4.69, 9.17) is 0 Å². The molecule has 1 aliphatic heterocycles. The van der Waals surface area contributed by atoms with Crippen LogP contribution in [0.1, 0.15) is 37.8 Å². The van der Waals surface area contributed by atoms with Crippen molar-refractivity contribution in [3.63, 3.8) is 0 Å². The molecule has 3 rings (SSSR count). The zero-order valence-electron chi connectivity index (χ0n) is 14.8. The first-order valence-corrected chi connectivity index (χ1v) is 9.10. The maximum atomic E-state index is 12.2. The Kier molecular flexibility index (Phi) is 6.17. The lowest BCUT2D eigenvalue weighted by Crippen LogP contribution is -2.42. The summed E-state index contributed by atoms with van der Waals surface area (Å²) < 4.78 is 1.68. The van der Waals surface area contributed by atoms with Gasteiger partial charge in [0.15, 0.2) is 0 Å². The molecule has 1 aliphatic rings. The van der Waals surface area contributed by atoms with Gasteiger partial charge in [-0.05, 0) is 37.4 Å². The van der Waals surface area contributed by atoms with Gasteiger partial charge < -0.3 is 5.32 Å². The van der Waals surface area contributed by atoms with Gasteiger partial charge in [0.2, 0.25) is 5.91 Å². The molecule has 1 atom stereocenters. The second kappa shape index (κ2) is 8.76. The lowest BCUT2D eigenvalue weighted by atomic mass is 9.95. The highest BCUT2D eigenvalue weighted by atomic mass is 16.1. The van der Waals surface area contributed by atoms with Gasteiger partial charge in [-0.25, -0.2) is 4.98 Å². The molecule has 6 heteroatoms. The molecule has 0 saturated carbocycles. The van der Waals surface area contributed by atoms with E-state index < -0.39 is 0 Å². The first-order chi connectivity index (χ1) is 12.2. The molecule has 2 heterocycles.